The maximum absolute atomic E-state index is 10.3. The first kappa shape index (κ1) is 11.6. The van der Waals surface area contributed by atoms with Crippen molar-refractivity contribution in [3.63, 3.8) is 0 Å². The lowest BCUT2D eigenvalue weighted by Gasteiger charge is -2.16. The van der Waals surface area contributed by atoms with Crippen molar-refractivity contribution in [2.24, 2.45) is 11.8 Å². The molecule has 4 nitrogen and oxygen atoms in total. The van der Waals surface area contributed by atoms with Gasteiger partial charge in [-0.3, -0.25) is 4.90 Å². The Morgan fingerprint density at radius 1 is 1.44 bits per heavy atom. The van der Waals surface area contributed by atoms with E-state index in [1.165, 1.54) is 18.9 Å². The van der Waals surface area contributed by atoms with Gasteiger partial charge in [-0.05, 0) is 24.7 Å². The largest absolute Gasteiger partial charge is 0.478 e. The van der Waals surface area contributed by atoms with Crippen LogP contribution in [0, 0.1) is 11.8 Å². The molecule has 1 heterocycles. The number of nitrogens with zero attached hydrogens (tertiary/aromatic N) is 1. The van der Waals surface area contributed by atoms with Crippen LogP contribution in [-0.2, 0) is 9.53 Å². The monoisotopic (exact) mass is 225 g/mol. The molecule has 1 unspecified atom stereocenters. The lowest BCUT2D eigenvalue weighted by atomic mass is 10.0. The molecule has 1 aliphatic heterocycles. The molecule has 0 radical (unpaired) electrons. The van der Waals surface area contributed by atoms with Crippen molar-refractivity contribution in [1.29, 1.82) is 0 Å². The number of methoxy groups -OCH3 is 1. The van der Waals surface area contributed by atoms with Gasteiger partial charge in [-0.1, -0.05) is 6.08 Å². The average Bonchev–Trinajstić information content (AvgIpc) is 2.74. The van der Waals surface area contributed by atoms with E-state index in [-0.39, 0.29) is 0 Å². The lowest BCUT2D eigenvalue weighted by molar-refractivity contribution is -0.131. The summed E-state index contributed by atoms with van der Waals surface area (Å²) in [6.45, 7) is 2.94. The van der Waals surface area contributed by atoms with E-state index >= 15 is 0 Å². The van der Waals surface area contributed by atoms with Crippen molar-refractivity contribution in [3.8, 4) is 0 Å². The Bertz CT molecular complexity index is 276. The molecule has 0 aromatic carbocycles. The second-order valence-electron chi connectivity index (χ2n) is 4.81. The van der Waals surface area contributed by atoms with Crippen LogP contribution in [0.15, 0.2) is 12.2 Å². The highest BCUT2D eigenvalue weighted by atomic mass is 16.5. The summed E-state index contributed by atoms with van der Waals surface area (Å²) >= 11 is 0. The van der Waals surface area contributed by atoms with Gasteiger partial charge in [0.15, 0.2) is 0 Å². The number of likely N-dealkylation sites (tertiary alicyclic amines) is 1. The summed E-state index contributed by atoms with van der Waals surface area (Å²) in [4.78, 5) is 12.7. The third-order valence-electron chi connectivity index (χ3n) is 3.74. The van der Waals surface area contributed by atoms with Crippen LogP contribution in [0.25, 0.3) is 0 Å². The Morgan fingerprint density at radius 2 is 2.06 bits per heavy atom. The standard InChI is InChI=1S/C12H19NO3/c1-16-11-5-9-7-13(8-10(9)6-11)4-2-3-12(14)15/h2-3,9-11H,4-8H2,1H3,(H,14,15)/b3-2+/t9-,10+,11?. The van der Waals surface area contributed by atoms with Crippen LogP contribution in [0.3, 0.4) is 0 Å². The number of rotatable bonds is 4. The zero-order valence-electron chi connectivity index (χ0n) is 9.63. The second kappa shape index (κ2) is 4.97. The minimum Gasteiger partial charge on any atom is -0.478 e. The molecule has 0 bridgehead atoms. The minimum atomic E-state index is -0.862. The highest BCUT2D eigenvalue weighted by molar-refractivity contribution is 5.79. The summed E-state index contributed by atoms with van der Waals surface area (Å²) in [5.41, 5.74) is 0. The van der Waals surface area contributed by atoms with Crippen molar-refractivity contribution >= 4 is 5.97 Å². The fraction of sp³-hybridized carbons (Fsp3) is 0.750. The van der Waals surface area contributed by atoms with Crippen molar-refractivity contribution in [1.82, 2.24) is 4.90 Å². The van der Waals surface area contributed by atoms with E-state index in [0.29, 0.717) is 6.10 Å². The van der Waals surface area contributed by atoms with Gasteiger partial charge in [0.2, 0.25) is 0 Å². The van der Waals surface area contributed by atoms with Gasteiger partial charge in [0, 0.05) is 32.8 Å². The molecule has 1 saturated carbocycles. The number of carboxylic acid groups (broad SMARTS) is 1. The number of carboxylic acids is 1. The van der Waals surface area contributed by atoms with Gasteiger partial charge in [0.25, 0.3) is 0 Å². The van der Waals surface area contributed by atoms with E-state index in [1.807, 2.05) is 0 Å². The molecule has 1 N–H and O–H groups in total. The van der Waals surface area contributed by atoms with Crippen LogP contribution < -0.4 is 0 Å². The summed E-state index contributed by atoms with van der Waals surface area (Å²) in [6.07, 6.45) is 5.75. The molecule has 2 fully saturated rings. The first-order valence-electron chi connectivity index (χ1n) is 5.83. The maximum Gasteiger partial charge on any atom is 0.328 e. The zero-order valence-corrected chi connectivity index (χ0v) is 9.63. The molecule has 90 valence electrons. The molecule has 0 aromatic rings. The fourth-order valence-electron chi connectivity index (χ4n) is 2.99. The highest BCUT2D eigenvalue weighted by Gasteiger charge is 2.40. The number of carbonyl (C=O) groups is 1. The van der Waals surface area contributed by atoms with E-state index in [9.17, 15) is 4.79 Å². The number of hydrogen-bond acceptors (Lipinski definition) is 3. The van der Waals surface area contributed by atoms with Crippen LogP contribution in [-0.4, -0.2) is 48.8 Å². The minimum absolute atomic E-state index is 0.451. The molecule has 0 amide bonds. The van der Waals surface area contributed by atoms with Crippen LogP contribution in [0.5, 0.6) is 0 Å². The van der Waals surface area contributed by atoms with Crippen LogP contribution in [0.1, 0.15) is 12.8 Å². The SMILES string of the molecule is COC1C[C@@H]2CN(C/C=C/C(=O)O)C[C@@H]2C1. The molecule has 1 aliphatic carbocycles. The normalized spacial score (nSPS) is 34.7. The molecule has 2 rings (SSSR count). The van der Waals surface area contributed by atoms with Crippen LogP contribution in [0.4, 0.5) is 0 Å². The Balaban J connectivity index is 1.76. The molecular weight excluding hydrogens is 206 g/mol. The Hall–Kier alpha value is -0.870. The Kier molecular flexibility index (Phi) is 3.61. The third kappa shape index (κ3) is 2.62. The van der Waals surface area contributed by atoms with Crippen molar-refractivity contribution < 1.29 is 14.6 Å². The van der Waals surface area contributed by atoms with Crippen molar-refractivity contribution in [2.45, 2.75) is 18.9 Å². The smallest absolute Gasteiger partial charge is 0.328 e. The van der Waals surface area contributed by atoms with Gasteiger partial charge in [0.1, 0.15) is 0 Å². The number of aliphatic carboxylic acids is 1. The van der Waals surface area contributed by atoms with Gasteiger partial charge in [-0.25, -0.2) is 4.79 Å². The van der Waals surface area contributed by atoms with Crippen LogP contribution >= 0.6 is 0 Å². The van der Waals surface area contributed by atoms with Gasteiger partial charge < -0.3 is 9.84 Å². The summed E-state index contributed by atoms with van der Waals surface area (Å²) in [5, 5.41) is 8.49. The average molecular weight is 225 g/mol. The second-order valence-corrected chi connectivity index (χ2v) is 4.81. The lowest BCUT2D eigenvalue weighted by Crippen LogP contribution is -2.23. The molecule has 3 atom stereocenters. The first-order valence-corrected chi connectivity index (χ1v) is 5.83. The quantitative estimate of drug-likeness (QED) is 0.725. The van der Waals surface area contributed by atoms with Gasteiger partial charge in [-0.15, -0.1) is 0 Å². The van der Waals surface area contributed by atoms with Gasteiger partial charge in [0.05, 0.1) is 6.10 Å². The molecule has 16 heavy (non-hydrogen) atoms. The first-order chi connectivity index (χ1) is 7.69. The predicted molar refractivity (Wildman–Crippen MR) is 60.2 cm³/mol. The van der Waals surface area contributed by atoms with Gasteiger partial charge in [-0.2, -0.15) is 0 Å². The zero-order chi connectivity index (χ0) is 11.5. The summed E-state index contributed by atoms with van der Waals surface area (Å²) in [6, 6.07) is 0. The van der Waals surface area contributed by atoms with E-state index in [0.717, 1.165) is 31.5 Å². The topological polar surface area (TPSA) is 49.8 Å². The molecule has 2 aliphatic rings. The van der Waals surface area contributed by atoms with E-state index in [2.05, 4.69) is 4.90 Å². The summed E-state index contributed by atoms with van der Waals surface area (Å²) in [7, 11) is 1.79. The molecule has 4 heteroatoms. The Labute approximate surface area is 95.9 Å². The fourth-order valence-corrected chi connectivity index (χ4v) is 2.99. The van der Waals surface area contributed by atoms with E-state index in [4.69, 9.17) is 9.84 Å². The van der Waals surface area contributed by atoms with Crippen LogP contribution in [0.2, 0.25) is 0 Å². The van der Waals surface area contributed by atoms with Crippen molar-refractivity contribution in [3.05, 3.63) is 12.2 Å². The molecule has 0 aromatic heterocycles. The predicted octanol–water partition coefficient (Wildman–Crippen LogP) is 0.984. The Morgan fingerprint density at radius 3 is 2.56 bits per heavy atom. The maximum atomic E-state index is 10.3. The number of ether oxygens (including phenoxy) is 1. The van der Waals surface area contributed by atoms with E-state index in [1.54, 1.807) is 13.2 Å². The third-order valence-corrected chi connectivity index (χ3v) is 3.74. The number of hydrogen-bond donors (Lipinski definition) is 1. The summed E-state index contributed by atoms with van der Waals surface area (Å²) in [5.74, 6) is 0.644. The summed E-state index contributed by atoms with van der Waals surface area (Å²) < 4.78 is 5.39. The highest BCUT2D eigenvalue weighted by Crippen LogP contribution is 2.38. The molecule has 0 spiro atoms. The number of fused-ring (bicyclic) bond motifs is 1. The molecular formula is C12H19NO3. The molecule has 1 saturated heterocycles. The van der Waals surface area contributed by atoms with E-state index < -0.39 is 5.97 Å². The van der Waals surface area contributed by atoms with Crippen molar-refractivity contribution in [2.75, 3.05) is 26.7 Å². The van der Waals surface area contributed by atoms with Gasteiger partial charge >= 0.3 is 5.97 Å².